The average Bonchev–Trinajstić information content (AvgIpc) is 2.80. The molecule has 0 unspecified atom stereocenters. The van der Waals surface area contributed by atoms with Gasteiger partial charge in [0.2, 0.25) is 0 Å². The minimum absolute atomic E-state index is 0. The van der Waals surface area contributed by atoms with Gasteiger partial charge in [-0.3, -0.25) is 4.99 Å². The van der Waals surface area contributed by atoms with Crippen LogP contribution >= 0.6 is 24.0 Å². The SMILES string of the molecule is CN=C(NCC1CCN(C)CC1)NCC1(c2ccc(OC)c(OC)c2)CCCCC1.I. The number of aliphatic imine (C=N–C) groups is 1. The van der Waals surface area contributed by atoms with E-state index in [1.54, 1.807) is 14.2 Å². The van der Waals surface area contributed by atoms with E-state index in [0.29, 0.717) is 0 Å². The third-order valence-corrected chi connectivity index (χ3v) is 7.02. The highest BCUT2D eigenvalue weighted by Crippen LogP contribution is 2.42. The Hall–Kier alpha value is -1.22. The molecule has 31 heavy (non-hydrogen) atoms. The molecule has 7 heteroatoms. The van der Waals surface area contributed by atoms with Crippen molar-refractivity contribution in [2.24, 2.45) is 10.9 Å². The van der Waals surface area contributed by atoms with Gasteiger partial charge in [0.05, 0.1) is 14.2 Å². The van der Waals surface area contributed by atoms with Crippen LogP contribution in [0.5, 0.6) is 11.5 Å². The first kappa shape index (κ1) is 26.0. The van der Waals surface area contributed by atoms with Gasteiger partial charge in [-0.05, 0) is 69.4 Å². The van der Waals surface area contributed by atoms with E-state index in [-0.39, 0.29) is 29.4 Å². The van der Waals surface area contributed by atoms with Gasteiger partial charge >= 0.3 is 0 Å². The van der Waals surface area contributed by atoms with Crippen LogP contribution in [0.15, 0.2) is 23.2 Å². The van der Waals surface area contributed by atoms with Crippen molar-refractivity contribution in [1.29, 1.82) is 0 Å². The highest BCUT2D eigenvalue weighted by Gasteiger charge is 2.35. The molecule has 1 saturated heterocycles. The summed E-state index contributed by atoms with van der Waals surface area (Å²) >= 11 is 0. The largest absolute Gasteiger partial charge is 0.493 e. The Labute approximate surface area is 205 Å². The van der Waals surface area contributed by atoms with E-state index in [1.807, 2.05) is 13.1 Å². The summed E-state index contributed by atoms with van der Waals surface area (Å²) in [5.74, 6) is 3.24. The van der Waals surface area contributed by atoms with Gasteiger partial charge in [-0.15, -0.1) is 24.0 Å². The van der Waals surface area contributed by atoms with Crippen LogP contribution in [0.2, 0.25) is 0 Å². The molecule has 1 aromatic rings. The Balaban J connectivity index is 0.00000341. The highest BCUT2D eigenvalue weighted by atomic mass is 127. The van der Waals surface area contributed by atoms with Crippen molar-refractivity contribution in [2.45, 2.75) is 50.4 Å². The summed E-state index contributed by atoms with van der Waals surface area (Å²) < 4.78 is 11.0. The zero-order valence-electron chi connectivity index (χ0n) is 19.7. The number of hydrogen-bond acceptors (Lipinski definition) is 4. The number of rotatable bonds is 7. The molecule has 1 heterocycles. The molecule has 1 saturated carbocycles. The van der Waals surface area contributed by atoms with Crippen LogP contribution in [0, 0.1) is 5.92 Å². The number of nitrogens with one attached hydrogen (secondary N) is 2. The molecule has 2 aliphatic rings. The zero-order valence-corrected chi connectivity index (χ0v) is 22.0. The Morgan fingerprint density at radius 1 is 1.06 bits per heavy atom. The minimum atomic E-state index is 0. The topological polar surface area (TPSA) is 58.1 Å². The van der Waals surface area contributed by atoms with Crippen LogP contribution in [-0.2, 0) is 5.41 Å². The number of methoxy groups -OCH3 is 2. The number of benzene rings is 1. The molecule has 0 spiro atoms. The van der Waals surface area contributed by atoms with E-state index in [4.69, 9.17) is 9.47 Å². The Bertz CT molecular complexity index is 699. The van der Waals surface area contributed by atoms with E-state index >= 15 is 0 Å². The summed E-state index contributed by atoms with van der Waals surface area (Å²) in [6, 6.07) is 6.42. The van der Waals surface area contributed by atoms with Crippen molar-refractivity contribution in [2.75, 3.05) is 54.5 Å². The molecule has 2 fully saturated rings. The molecule has 0 radical (unpaired) electrons. The smallest absolute Gasteiger partial charge is 0.191 e. The summed E-state index contributed by atoms with van der Waals surface area (Å²) in [6.45, 7) is 4.27. The van der Waals surface area contributed by atoms with Gasteiger partial charge in [-0.1, -0.05) is 25.3 Å². The van der Waals surface area contributed by atoms with Crippen molar-refractivity contribution >= 4 is 29.9 Å². The fourth-order valence-corrected chi connectivity index (χ4v) is 4.94. The van der Waals surface area contributed by atoms with Gasteiger partial charge in [0.25, 0.3) is 0 Å². The van der Waals surface area contributed by atoms with Gasteiger partial charge in [-0.2, -0.15) is 0 Å². The quantitative estimate of drug-likeness (QED) is 0.309. The first-order valence-corrected chi connectivity index (χ1v) is 11.5. The molecular weight excluding hydrogens is 503 g/mol. The van der Waals surface area contributed by atoms with Gasteiger partial charge < -0.3 is 25.0 Å². The number of nitrogens with zero attached hydrogens (tertiary/aromatic N) is 2. The van der Waals surface area contributed by atoms with Crippen LogP contribution in [-0.4, -0.2) is 65.4 Å². The van der Waals surface area contributed by atoms with E-state index < -0.39 is 0 Å². The van der Waals surface area contributed by atoms with Gasteiger partial charge in [0.15, 0.2) is 17.5 Å². The minimum Gasteiger partial charge on any atom is -0.493 e. The normalized spacial score (nSPS) is 19.9. The lowest BCUT2D eigenvalue weighted by Crippen LogP contribution is -2.48. The van der Waals surface area contributed by atoms with Crippen molar-refractivity contribution in [3.63, 3.8) is 0 Å². The monoisotopic (exact) mass is 544 g/mol. The second-order valence-electron chi connectivity index (χ2n) is 8.96. The lowest BCUT2D eigenvalue weighted by Gasteiger charge is -2.39. The molecule has 1 aliphatic heterocycles. The van der Waals surface area contributed by atoms with Gasteiger partial charge in [0.1, 0.15) is 0 Å². The number of likely N-dealkylation sites (tertiary alicyclic amines) is 1. The van der Waals surface area contributed by atoms with E-state index in [0.717, 1.165) is 36.5 Å². The predicted octanol–water partition coefficient (Wildman–Crippen LogP) is 4.03. The molecular formula is C24H41IN4O2. The van der Waals surface area contributed by atoms with Crippen LogP contribution in [0.3, 0.4) is 0 Å². The number of piperidine rings is 1. The molecule has 176 valence electrons. The molecule has 2 N–H and O–H groups in total. The first-order chi connectivity index (χ1) is 14.6. The van der Waals surface area contributed by atoms with Crippen LogP contribution in [0.4, 0.5) is 0 Å². The lowest BCUT2D eigenvalue weighted by atomic mass is 9.69. The van der Waals surface area contributed by atoms with Gasteiger partial charge in [-0.25, -0.2) is 0 Å². The molecule has 0 atom stereocenters. The molecule has 6 nitrogen and oxygen atoms in total. The fourth-order valence-electron chi connectivity index (χ4n) is 4.94. The highest BCUT2D eigenvalue weighted by molar-refractivity contribution is 14.0. The van der Waals surface area contributed by atoms with Crippen LogP contribution in [0.25, 0.3) is 0 Å². The Kier molecular flexibility index (Phi) is 10.7. The molecule has 1 aliphatic carbocycles. The summed E-state index contributed by atoms with van der Waals surface area (Å²) in [6.07, 6.45) is 8.72. The average molecular weight is 545 g/mol. The van der Waals surface area contributed by atoms with Crippen molar-refractivity contribution in [3.05, 3.63) is 23.8 Å². The Morgan fingerprint density at radius 3 is 2.35 bits per heavy atom. The maximum atomic E-state index is 5.59. The van der Waals surface area contributed by atoms with E-state index in [9.17, 15) is 0 Å². The van der Waals surface area contributed by atoms with Crippen molar-refractivity contribution in [1.82, 2.24) is 15.5 Å². The number of ether oxygens (including phenoxy) is 2. The number of guanidine groups is 1. The molecule has 0 aromatic heterocycles. The second-order valence-corrected chi connectivity index (χ2v) is 8.96. The number of halogens is 1. The Morgan fingerprint density at radius 2 is 1.74 bits per heavy atom. The second kappa shape index (κ2) is 12.7. The molecule has 0 bridgehead atoms. The number of hydrogen-bond donors (Lipinski definition) is 2. The maximum absolute atomic E-state index is 5.59. The lowest BCUT2D eigenvalue weighted by molar-refractivity contribution is 0.220. The summed E-state index contributed by atoms with van der Waals surface area (Å²) in [5.41, 5.74) is 1.43. The summed E-state index contributed by atoms with van der Waals surface area (Å²) in [5, 5.41) is 7.23. The first-order valence-electron chi connectivity index (χ1n) is 11.5. The summed E-state index contributed by atoms with van der Waals surface area (Å²) in [4.78, 5) is 6.91. The maximum Gasteiger partial charge on any atom is 0.191 e. The van der Waals surface area contributed by atoms with Crippen LogP contribution < -0.4 is 20.1 Å². The van der Waals surface area contributed by atoms with Crippen molar-refractivity contribution in [3.8, 4) is 11.5 Å². The molecule has 3 rings (SSSR count). The van der Waals surface area contributed by atoms with E-state index in [2.05, 4.69) is 39.7 Å². The van der Waals surface area contributed by atoms with Crippen molar-refractivity contribution < 1.29 is 9.47 Å². The summed E-state index contributed by atoms with van der Waals surface area (Å²) in [7, 11) is 7.48. The molecule has 1 aromatic carbocycles. The van der Waals surface area contributed by atoms with E-state index in [1.165, 1.54) is 63.6 Å². The third kappa shape index (κ3) is 6.88. The van der Waals surface area contributed by atoms with Crippen LogP contribution in [0.1, 0.15) is 50.5 Å². The third-order valence-electron chi connectivity index (χ3n) is 7.02. The van der Waals surface area contributed by atoms with Gasteiger partial charge in [0, 0.05) is 25.6 Å². The molecule has 0 amide bonds. The predicted molar refractivity (Wildman–Crippen MR) is 139 cm³/mol. The zero-order chi connectivity index (χ0) is 21.4. The fraction of sp³-hybridized carbons (Fsp3) is 0.708. The standard InChI is InChI=1S/C24H40N4O2.HI/c1-25-23(26-17-19-10-14-28(2)15-11-19)27-18-24(12-6-5-7-13-24)20-8-9-21(29-3)22(16-20)30-4;/h8-9,16,19H,5-7,10-15,17-18H2,1-4H3,(H2,25,26,27);1H.